The zero-order valence-corrected chi connectivity index (χ0v) is 9.13. The summed E-state index contributed by atoms with van der Waals surface area (Å²) in [4.78, 5) is 4.00. The monoisotopic (exact) mass is 224 g/mol. The van der Waals surface area contributed by atoms with Crippen molar-refractivity contribution in [2.75, 3.05) is 5.73 Å². The summed E-state index contributed by atoms with van der Waals surface area (Å²) in [6.45, 7) is 1.92. The molecule has 86 valence electrons. The smallest absolute Gasteiger partial charge is 0.251 e. The summed E-state index contributed by atoms with van der Waals surface area (Å²) in [5, 5.41) is 0. The summed E-state index contributed by atoms with van der Waals surface area (Å²) in [5.74, 6) is -2.08. The van der Waals surface area contributed by atoms with Gasteiger partial charge in [0, 0.05) is 19.0 Å². The zero-order valence-electron chi connectivity index (χ0n) is 9.13. The van der Waals surface area contributed by atoms with E-state index in [0.717, 1.165) is 16.7 Å². The van der Waals surface area contributed by atoms with Gasteiger partial charge in [-0.25, -0.2) is 13.8 Å². The fraction of sp³-hybridized carbons (Fsp3) is 0.417. The minimum Gasteiger partial charge on any atom is -0.384 e. The molecule has 0 atom stereocenters. The Morgan fingerprint density at radius 1 is 1.44 bits per heavy atom. The molecule has 2 N–H and O–H groups in total. The molecule has 1 aromatic heterocycles. The number of rotatable bonds is 1. The number of hydrogen-bond acceptors (Lipinski definition) is 2. The minimum absolute atomic E-state index is 0.0807. The first-order valence-corrected chi connectivity index (χ1v) is 5.27. The molecule has 0 saturated carbocycles. The van der Waals surface area contributed by atoms with E-state index < -0.39 is 5.92 Å². The van der Waals surface area contributed by atoms with Gasteiger partial charge in [-0.15, -0.1) is 0 Å². The number of halogens is 2. The molecule has 0 spiro atoms. The standard InChI is InChI=1S/C12H14F2N2/c1-8-6-11(15)16-7-10(8)9-2-4-12(13,14)5-3-9/h2,6-7H,3-5H2,1H3,(H2,15,16). The average Bonchev–Trinajstić information content (AvgIpc) is 2.19. The third-order valence-corrected chi connectivity index (χ3v) is 2.89. The molecule has 0 unspecified atom stereocenters. The van der Waals surface area contributed by atoms with E-state index in [0.29, 0.717) is 12.2 Å². The van der Waals surface area contributed by atoms with Crippen LogP contribution in [0.1, 0.15) is 30.4 Å². The van der Waals surface area contributed by atoms with Gasteiger partial charge in [0.2, 0.25) is 0 Å². The highest BCUT2D eigenvalue weighted by Crippen LogP contribution is 2.36. The maximum absolute atomic E-state index is 13.0. The van der Waals surface area contributed by atoms with Gasteiger partial charge in [-0.2, -0.15) is 0 Å². The van der Waals surface area contributed by atoms with Gasteiger partial charge in [-0.3, -0.25) is 0 Å². The summed E-state index contributed by atoms with van der Waals surface area (Å²) < 4.78 is 26.0. The Morgan fingerprint density at radius 3 is 2.75 bits per heavy atom. The van der Waals surface area contributed by atoms with E-state index >= 15 is 0 Å². The molecular formula is C12H14F2N2. The second-order valence-electron chi connectivity index (χ2n) is 4.21. The second-order valence-corrected chi connectivity index (χ2v) is 4.21. The third kappa shape index (κ3) is 2.21. The minimum atomic E-state index is -2.54. The van der Waals surface area contributed by atoms with E-state index in [1.807, 2.05) is 6.92 Å². The largest absolute Gasteiger partial charge is 0.384 e. The fourth-order valence-corrected chi connectivity index (χ4v) is 1.95. The van der Waals surface area contributed by atoms with Crippen molar-refractivity contribution in [3.63, 3.8) is 0 Å². The van der Waals surface area contributed by atoms with Crippen LogP contribution in [0.2, 0.25) is 0 Å². The molecule has 0 aliphatic heterocycles. The Kier molecular flexibility index (Phi) is 2.66. The van der Waals surface area contributed by atoms with Crippen molar-refractivity contribution in [3.8, 4) is 0 Å². The number of alkyl halides is 2. The number of nitrogen functional groups attached to an aromatic ring is 1. The molecule has 2 nitrogen and oxygen atoms in total. The molecule has 1 aromatic rings. The van der Waals surface area contributed by atoms with Gasteiger partial charge in [-0.1, -0.05) is 6.08 Å². The van der Waals surface area contributed by atoms with Crippen molar-refractivity contribution in [1.29, 1.82) is 0 Å². The summed E-state index contributed by atoms with van der Waals surface area (Å²) >= 11 is 0. The Balaban J connectivity index is 2.29. The van der Waals surface area contributed by atoms with E-state index in [2.05, 4.69) is 4.98 Å². The van der Waals surface area contributed by atoms with Crippen LogP contribution in [0.3, 0.4) is 0 Å². The number of nitrogens with zero attached hydrogens (tertiary/aromatic N) is 1. The molecule has 1 heterocycles. The van der Waals surface area contributed by atoms with Gasteiger partial charge >= 0.3 is 0 Å². The lowest BCUT2D eigenvalue weighted by Crippen LogP contribution is -2.18. The summed E-state index contributed by atoms with van der Waals surface area (Å²) in [7, 11) is 0. The van der Waals surface area contributed by atoms with Gasteiger partial charge in [-0.05, 0) is 36.1 Å². The van der Waals surface area contributed by atoms with Gasteiger partial charge in [0.25, 0.3) is 5.92 Å². The van der Waals surface area contributed by atoms with E-state index in [9.17, 15) is 8.78 Å². The first-order chi connectivity index (χ1) is 7.48. The molecule has 0 radical (unpaired) electrons. The number of anilines is 1. The highest BCUT2D eigenvalue weighted by molar-refractivity contribution is 5.69. The van der Waals surface area contributed by atoms with Crippen LogP contribution in [0, 0.1) is 6.92 Å². The average molecular weight is 224 g/mol. The molecule has 0 bridgehead atoms. The number of aromatic nitrogens is 1. The van der Waals surface area contributed by atoms with Crippen LogP contribution in [0.4, 0.5) is 14.6 Å². The van der Waals surface area contributed by atoms with Crippen LogP contribution in [-0.2, 0) is 0 Å². The lowest BCUT2D eigenvalue weighted by atomic mass is 9.90. The molecule has 0 amide bonds. The van der Waals surface area contributed by atoms with Crippen LogP contribution < -0.4 is 5.73 Å². The number of aryl methyl sites for hydroxylation is 1. The molecule has 2 rings (SSSR count). The van der Waals surface area contributed by atoms with Gasteiger partial charge < -0.3 is 5.73 Å². The number of nitrogens with two attached hydrogens (primary N) is 1. The Bertz CT molecular complexity index is 439. The van der Waals surface area contributed by atoms with Crippen LogP contribution in [0.15, 0.2) is 18.3 Å². The molecule has 0 saturated heterocycles. The van der Waals surface area contributed by atoms with Crippen molar-refractivity contribution in [3.05, 3.63) is 29.5 Å². The Hall–Kier alpha value is -1.45. The SMILES string of the molecule is Cc1cc(N)ncc1C1=CCC(F)(F)CC1. The van der Waals surface area contributed by atoms with E-state index in [-0.39, 0.29) is 12.8 Å². The highest BCUT2D eigenvalue weighted by atomic mass is 19.3. The fourth-order valence-electron chi connectivity index (χ4n) is 1.95. The predicted molar refractivity (Wildman–Crippen MR) is 60.2 cm³/mol. The van der Waals surface area contributed by atoms with Crippen molar-refractivity contribution in [2.45, 2.75) is 32.1 Å². The van der Waals surface area contributed by atoms with Crippen LogP contribution in [0.5, 0.6) is 0 Å². The lowest BCUT2D eigenvalue weighted by molar-refractivity contribution is -0.00603. The predicted octanol–water partition coefficient (Wildman–Crippen LogP) is 3.17. The van der Waals surface area contributed by atoms with Crippen LogP contribution in [0.25, 0.3) is 5.57 Å². The van der Waals surface area contributed by atoms with Crippen molar-refractivity contribution >= 4 is 11.4 Å². The molecule has 0 fully saturated rings. The van der Waals surface area contributed by atoms with Crippen molar-refractivity contribution < 1.29 is 8.78 Å². The Labute approximate surface area is 93.2 Å². The zero-order chi connectivity index (χ0) is 11.8. The number of hydrogen-bond donors (Lipinski definition) is 1. The molecular weight excluding hydrogens is 210 g/mol. The van der Waals surface area contributed by atoms with Gasteiger partial charge in [0.1, 0.15) is 5.82 Å². The van der Waals surface area contributed by atoms with E-state index in [1.165, 1.54) is 0 Å². The molecule has 0 aromatic carbocycles. The number of pyridine rings is 1. The number of allylic oxidation sites excluding steroid dienone is 2. The lowest BCUT2D eigenvalue weighted by Gasteiger charge is -2.22. The van der Waals surface area contributed by atoms with Crippen LogP contribution in [-0.4, -0.2) is 10.9 Å². The summed E-state index contributed by atoms with van der Waals surface area (Å²) in [6, 6.07) is 1.77. The van der Waals surface area contributed by atoms with E-state index in [4.69, 9.17) is 5.73 Å². The normalized spacial score (nSPS) is 19.3. The van der Waals surface area contributed by atoms with E-state index in [1.54, 1.807) is 18.3 Å². The van der Waals surface area contributed by atoms with Crippen molar-refractivity contribution in [2.24, 2.45) is 0 Å². The van der Waals surface area contributed by atoms with Crippen molar-refractivity contribution in [1.82, 2.24) is 4.98 Å². The molecule has 4 heteroatoms. The topological polar surface area (TPSA) is 38.9 Å². The summed E-state index contributed by atoms with van der Waals surface area (Å²) in [5.41, 5.74) is 8.43. The van der Waals surface area contributed by atoms with Gasteiger partial charge in [0.05, 0.1) is 0 Å². The molecule has 1 aliphatic carbocycles. The third-order valence-electron chi connectivity index (χ3n) is 2.89. The second kappa shape index (κ2) is 3.85. The highest BCUT2D eigenvalue weighted by Gasteiger charge is 2.31. The molecule has 16 heavy (non-hydrogen) atoms. The Morgan fingerprint density at radius 2 is 2.19 bits per heavy atom. The quantitative estimate of drug-likeness (QED) is 0.795. The van der Waals surface area contributed by atoms with Gasteiger partial charge in [0.15, 0.2) is 0 Å². The summed E-state index contributed by atoms with van der Waals surface area (Å²) in [6.07, 6.45) is 3.43. The first-order valence-electron chi connectivity index (χ1n) is 5.27. The molecule has 1 aliphatic rings. The maximum atomic E-state index is 13.0. The van der Waals surface area contributed by atoms with Crippen LogP contribution >= 0.6 is 0 Å². The maximum Gasteiger partial charge on any atom is 0.251 e. The first kappa shape index (κ1) is 11.0.